The molecule has 0 bridgehead atoms. The van der Waals surface area contributed by atoms with Crippen molar-refractivity contribution in [3.8, 4) is 0 Å². The van der Waals surface area contributed by atoms with Crippen LogP contribution in [0.4, 0.5) is 0 Å². The van der Waals surface area contributed by atoms with Gasteiger partial charge in [0.1, 0.15) is 6.10 Å². The Balaban J connectivity index is 1.54. The lowest BCUT2D eigenvalue weighted by atomic mass is 10.0. The third kappa shape index (κ3) is 4.81. The summed E-state index contributed by atoms with van der Waals surface area (Å²) in [6, 6.07) is 11.9. The molecule has 0 saturated carbocycles. The second-order valence-electron chi connectivity index (χ2n) is 7.80. The van der Waals surface area contributed by atoms with E-state index in [1.807, 2.05) is 44.2 Å². The van der Waals surface area contributed by atoms with E-state index in [0.29, 0.717) is 49.9 Å². The second-order valence-corrected chi connectivity index (χ2v) is 8.20. The number of carbonyl (C=O) groups excluding carboxylic acids is 1. The van der Waals surface area contributed by atoms with Gasteiger partial charge in [-0.15, -0.1) is 0 Å². The van der Waals surface area contributed by atoms with Crippen LogP contribution >= 0.6 is 11.6 Å². The quantitative estimate of drug-likeness (QED) is 0.576. The molecule has 0 N–H and O–H groups in total. The molecule has 0 aliphatic carbocycles. The van der Waals surface area contributed by atoms with Crippen molar-refractivity contribution in [2.75, 3.05) is 19.7 Å². The molecule has 1 aromatic carbocycles. The monoisotopic (exact) mass is 439 g/mol. The number of hydrogen-bond acceptors (Lipinski definition) is 5. The number of hydrogen-bond donors (Lipinski definition) is 0. The topological polar surface area (TPSA) is 68.5 Å². The first kappa shape index (κ1) is 21.5. The Morgan fingerprint density at radius 3 is 2.77 bits per heavy atom. The minimum Gasteiger partial charge on any atom is -0.435 e. The second kappa shape index (κ2) is 9.20. The fourth-order valence-electron chi connectivity index (χ4n) is 3.86. The molecule has 0 radical (unpaired) electrons. The summed E-state index contributed by atoms with van der Waals surface area (Å²) < 4.78 is 11.7. The molecular formula is C24H26ClN3O3. The molecule has 1 amide bonds. The van der Waals surface area contributed by atoms with Crippen molar-refractivity contribution in [1.82, 2.24) is 14.9 Å². The van der Waals surface area contributed by atoms with Crippen LogP contribution < -0.4 is 0 Å². The van der Waals surface area contributed by atoms with Crippen LogP contribution in [0.15, 0.2) is 40.8 Å². The van der Waals surface area contributed by atoms with Gasteiger partial charge in [-0.05, 0) is 49.6 Å². The molecule has 1 saturated heterocycles. The number of ether oxygens (including phenoxy) is 1. The number of amides is 1. The van der Waals surface area contributed by atoms with Crippen LogP contribution in [0, 0.1) is 13.8 Å². The SMILES string of the molecule is CCc1nc(C)c(C(=O)N2CCOC(c3cc(Cc4ccccc4Cl)cc(C)n3)C2)o1. The van der Waals surface area contributed by atoms with Gasteiger partial charge in [-0.25, -0.2) is 4.98 Å². The van der Waals surface area contributed by atoms with Gasteiger partial charge in [0.05, 0.1) is 24.5 Å². The average Bonchev–Trinajstić information content (AvgIpc) is 3.15. The minimum absolute atomic E-state index is 0.151. The molecule has 4 rings (SSSR count). The number of benzene rings is 1. The molecule has 1 unspecified atom stereocenters. The number of rotatable bonds is 5. The zero-order valence-electron chi connectivity index (χ0n) is 18.0. The molecule has 162 valence electrons. The van der Waals surface area contributed by atoms with Crippen molar-refractivity contribution in [2.24, 2.45) is 0 Å². The van der Waals surface area contributed by atoms with E-state index in [9.17, 15) is 4.79 Å². The highest BCUT2D eigenvalue weighted by Crippen LogP contribution is 2.26. The number of carbonyl (C=O) groups is 1. The van der Waals surface area contributed by atoms with Crippen LogP contribution in [0.25, 0.3) is 0 Å². The maximum Gasteiger partial charge on any atom is 0.291 e. The smallest absolute Gasteiger partial charge is 0.291 e. The van der Waals surface area contributed by atoms with Crippen molar-refractivity contribution in [1.29, 1.82) is 0 Å². The van der Waals surface area contributed by atoms with E-state index < -0.39 is 0 Å². The highest BCUT2D eigenvalue weighted by atomic mass is 35.5. The summed E-state index contributed by atoms with van der Waals surface area (Å²) in [6.07, 6.45) is 1.07. The molecule has 3 heterocycles. The average molecular weight is 440 g/mol. The maximum absolute atomic E-state index is 13.0. The summed E-state index contributed by atoms with van der Waals surface area (Å²) in [5.74, 6) is 0.742. The van der Waals surface area contributed by atoms with Gasteiger partial charge in [0, 0.05) is 23.7 Å². The zero-order valence-corrected chi connectivity index (χ0v) is 18.8. The van der Waals surface area contributed by atoms with Crippen LogP contribution in [-0.2, 0) is 17.6 Å². The van der Waals surface area contributed by atoms with E-state index in [2.05, 4.69) is 11.1 Å². The van der Waals surface area contributed by atoms with Crippen LogP contribution in [-0.4, -0.2) is 40.5 Å². The first-order valence-electron chi connectivity index (χ1n) is 10.5. The Morgan fingerprint density at radius 2 is 2.03 bits per heavy atom. The molecule has 1 fully saturated rings. The maximum atomic E-state index is 13.0. The molecule has 7 heteroatoms. The molecule has 6 nitrogen and oxygen atoms in total. The van der Waals surface area contributed by atoms with Gasteiger partial charge in [0.25, 0.3) is 5.91 Å². The molecule has 2 aromatic heterocycles. The fraction of sp³-hybridized carbons (Fsp3) is 0.375. The predicted molar refractivity (Wildman–Crippen MR) is 118 cm³/mol. The van der Waals surface area contributed by atoms with Crippen molar-refractivity contribution < 1.29 is 13.9 Å². The summed E-state index contributed by atoms with van der Waals surface area (Å²) in [5, 5.41) is 0.748. The standard InChI is InChI=1S/C24H26ClN3O3/c1-4-22-27-16(3)23(31-22)24(29)28-9-10-30-21(14-28)20-13-17(11-15(2)26-20)12-18-7-5-6-8-19(18)25/h5-8,11,13,21H,4,9-10,12,14H2,1-3H3. The molecule has 0 spiro atoms. The number of morpholine rings is 1. The van der Waals surface area contributed by atoms with Gasteiger partial charge < -0.3 is 14.1 Å². The van der Waals surface area contributed by atoms with Gasteiger partial charge in [-0.2, -0.15) is 0 Å². The van der Waals surface area contributed by atoms with E-state index in [1.165, 1.54) is 0 Å². The zero-order chi connectivity index (χ0) is 22.0. The van der Waals surface area contributed by atoms with Gasteiger partial charge in [-0.1, -0.05) is 36.7 Å². The Bertz CT molecular complexity index is 1100. The Morgan fingerprint density at radius 1 is 1.23 bits per heavy atom. The van der Waals surface area contributed by atoms with Crippen molar-refractivity contribution in [3.05, 3.63) is 81.3 Å². The normalized spacial score (nSPS) is 16.5. The van der Waals surface area contributed by atoms with Crippen molar-refractivity contribution >= 4 is 17.5 Å². The minimum atomic E-state index is -0.295. The summed E-state index contributed by atoms with van der Waals surface area (Å²) in [7, 11) is 0. The lowest BCUT2D eigenvalue weighted by Crippen LogP contribution is -2.42. The summed E-state index contributed by atoms with van der Waals surface area (Å²) in [4.78, 5) is 23.8. The highest BCUT2D eigenvalue weighted by molar-refractivity contribution is 6.31. The predicted octanol–water partition coefficient (Wildman–Crippen LogP) is 4.71. The third-order valence-electron chi connectivity index (χ3n) is 5.41. The number of pyridine rings is 1. The van der Waals surface area contributed by atoms with Gasteiger partial charge in [0.15, 0.2) is 5.89 Å². The summed E-state index contributed by atoms with van der Waals surface area (Å²) in [5.41, 5.74) is 4.53. The first-order valence-corrected chi connectivity index (χ1v) is 10.9. The first-order chi connectivity index (χ1) is 14.9. The Hall–Kier alpha value is -2.70. The number of nitrogens with zero attached hydrogens (tertiary/aromatic N) is 3. The van der Waals surface area contributed by atoms with E-state index in [0.717, 1.165) is 27.5 Å². The Kier molecular flexibility index (Phi) is 6.39. The van der Waals surface area contributed by atoms with Gasteiger partial charge in [0.2, 0.25) is 5.76 Å². The number of halogens is 1. The third-order valence-corrected chi connectivity index (χ3v) is 5.78. The van der Waals surface area contributed by atoms with E-state index in [4.69, 9.17) is 25.7 Å². The lowest BCUT2D eigenvalue weighted by molar-refractivity contribution is -0.0258. The fourth-order valence-corrected chi connectivity index (χ4v) is 4.06. The van der Waals surface area contributed by atoms with E-state index >= 15 is 0 Å². The number of aromatic nitrogens is 2. The number of oxazole rings is 1. The summed E-state index contributed by atoms with van der Waals surface area (Å²) >= 11 is 6.34. The van der Waals surface area contributed by atoms with Gasteiger partial charge >= 0.3 is 0 Å². The molecule has 3 aromatic rings. The molecular weight excluding hydrogens is 414 g/mol. The van der Waals surface area contributed by atoms with E-state index in [-0.39, 0.29) is 12.0 Å². The van der Waals surface area contributed by atoms with Crippen molar-refractivity contribution in [2.45, 2.75) is 39.7 Å². The van der Waals surface area contributed by atoms with Crippen LogP contribution in [0.1, 0.15) is 57.7 Å². The van der Waals surface area contributed by atoms with Crippen LogP contribution in [0.5, 0.6) is 0 Å². The lowest BCUT2D eigenvalue weighted by Gasteiger charge is -2.32. The molecule has 1 atom stereocenters. The molecule has 1 aliphatic rings. The molecule has 31 heavy (non-hydrogen) atoms. The van der Waals surface area contributed by atoms with Crippen LogP contribution in [0.3, 0.4) is 0 Å². The highest BCUT2D eigenvalue weighted by Gasteiger charge is 2.30. The molecule has 1 aliphatic heterocycles. The van der Waals surface area contributed by atoms with Gasteiger partial charge in [-0.3, -0.25) is 9.78 Å². The largest absolute Gasteiger partial charge is 0.435 e. The van der Waals surface area contributed by atoms with E-state index in [1.54, 1.807) is 11.8 Å². The Labute approximate surface area is 187 Å². The van der Waals surface area contributed by atoms with Crippen LogP contribution in [0.2, 0.25) is 5.02 Å². The number of aryl methyl sites for hydroxylation is 3. The summed E-state index contributed by atoms with van der Waals surface area (Å²) in [6.45, 7) is 7.09. The van der Waals surface area contributed by atoms with Crippen molar-refractivity contribution in [3.63, 3.8) is 0 Å².